The highest BCUT2D eigenvalue weighted by molar-refractivity contribution is 4.93. The van der Waals surface area contributed by atoms with Crippen LogP contribution >= 0.6 is 0 Å². The summed E-state index contributed by atoms with van der Waals surface area (Å²) in [4.78, 5) is 0. The maximum atomic E-state index is 3.28. The molecule has 0 spiro atoms. The van der Waals surface area contributed by atoms with E-state index in [2.05, 4.69) is 50.4 Å². The van der Waals surface area contributed by atoms with Crippen LogP contribution in [0.5, 0.6) is 0 Å². The second kappa shape index (κ2) is 9.53. The van der Waals surface area contributed by atoms with Gasteiger partial charge in [-0.3, -0.25) is 0 Å². The molecule has 1 atom stereocenters. The summed E-state index contributed by atoms with van der Waals surface area (Å²) in [5.41, 5.74) is 0. The molecule has 0 amide bonds. The van der Waals surface area contributed by atoms with Gasteiger partial charge in [-0.05, 0) is 32.2 Å². The van der Waals surface area contributed by atoms with Crippen LogP contribution in [0.25, 0.3) is 0 Å². The van der Waals surface area contributed by atoms with Crippen LogP contribution in [0.3, 0.4) is 0 Å². The van der Waals surface area contributed by atoms with Crippen molar-refractivity contribution in [2.45, 2.75) is 33.6 Å². The predicted octanol–water partition coefficient (Wildman–Crippen LogP) is 3.14. The van der Waals surface area contributed by atoms with E-state index in [9.17, 15) is 0 Å². The SMILES string of the molecule is C/C=C\CC(/C=C/CNCC)CC. The minimum Gasteiger partial charge on any atom is -0.314 e. The van der Waals surface area contributed by atoms with Crippen molar-refractivity contribution in [2.24, 2.45) is 5.92 Å². The molecule has 0 radical (unpaired) electrons. The lowest BCUT2D eigenvalue weighted by molar-refractivity contribution is 0.634. The third-order valence-corrected chi connectivity index (χ3v) is 2.12. The van der Waals surface area contributed by atoms with E-state index in [0.717, 1.165) is 19.0 Å². The Morgan fingerprint density at radius 2 is 2.00 bits per heavy atom. The molecule has 0 saturated carbocycles. The molecule has 0 rings (SSSR count). The van der Waals surface area contributed by atoms with E-state index in [0.29, 0.717) is 0 Å². The first kappa shape index (κ1) is 12.4. The molecular weight excluding hydrogens is 158 g/mol. The van der Waals surface area contributed by atoms with Gasteiger partial charge in [-0.1, -0.05) is 38.2 Å². The second-order valence-electron chi connectivity index (χ2n) is 3.21. The number of likely N-dealkylation sites (N-methyl/N-ethyl adjacent to an activating group) is 1. The van der Waals surface area contributed by atoms with Crippen LogP contribution in [0.2, 0.25) is 0 Å². The van der Waals surface area contributed by atoms with Crippen molar-refractivity contribution in [3.8, 4) is 0 Å². The van der Waals surface area contributed by atoms with E-state index in [4.69, 9.17) is 0 Å². The zero-order valence-corrected chi connectivity index (χ0v) is 9.22. The molecule has 0 aromatic heterocycles. The van der Waals surface area contributed by atoms with Crippen molar-refractivity contribution in [2.75, 3.05) is 13.1 Å². The van der Waals surface area contributed by atoms with Gasteiger partial charge in [0.25, 0.3) is 0 Å². The molecule has 0 heterocycles. The standard InChI is InChI=1S/C12H23N/c1-4-7-9-12(5-2)10-8-11-13-6-3/h4,7-8,10,12-13H,5-6,9,11H2,1-3H3/b7-4-,10-8+. The molecule has 0 bridgehead atoms. The molecule has 1 nitrogen and oxygen atoms in total. The first-order valence-corrected chi connectivity index (χ1v) is 5.33. The zero-order valence-electron chi connectivity index (χ0n) is 9.22. The van der Waals surface area contributed by atoms with Crippen molar-refractivity contribution in [3.63, 3.8) is 0 Å². The molecule has 1 unspecified atom stereocenters. The van der Waals surface area contributed by atoms with E-state index in [1.54, 1.807) is 0 Å². The van der Waals surface area contributed by atoms with Gasteiger partial charge in [-0.2, -0.15) is 0 Å². The Morgan fingerprint density at radius 1 is 1.23 bits per heavy atom. The monoisotopic (exact) mass is 181 g/mol. The molecule has 0 saturated heterocycles. The van der Waals surface area contributed by atoms with Crippen LogP contribution in [0.15, 0.2) is 24.3 Å². The Morgan fingerprint density at radius 3 is 2.54 bits per heavy atom. The first-order valence-electron chi connectivity index (χ1n) is 5.33. The molecule has 76 valence electrons. The Balaban J connectivity index is 3.62. The normalized spacial score (nSPS) is 14.4. The van der Waals surface area contributed by atoms with Gasteiger partial charge >= 0.3 is 0 Å². The summed E-state index contributed by atoms with van der Waals surface area (Å²) in [6.45, 7) is 8.50. The van der Waals surface area contributed by atoms with Gasteiger partial charge in [0.05, 0.1) is 0 Å². The van der Waals surface area contributed by atoms with Crippen LogP contribution in [0.1, 0.15) is 33.6 Å². The molecular formula is C12H23N. The van der Waals surface area contributed by atoms with Gasteiger partial charge in [-0.25, -0.2) is 0 Å². The van der Waals surface area contributed by atoms with Gasteiger partial charge < -0.3 is 5.32 Å². The molecule has 0 fully saturated rings. The summed E-state index contributed by atoms with van der Waals surface area (Å²) >= 11 is 0. The lowest BCUT2D eigenvalue weighted by Gasteiger charge is -2.05. The lowest BCUT2D eigenvalue weighted by atomic mass is 10.0. The van der Waals surface area contributed by atoms with Gasteiger partial charge in [0.2, 0.25) is 0 Å². The van der Waals surface area contributed by atoms with Crippen molar-refractivity contribution in [3.05, 3.63) is 24.3 Å². The molecule has 0 aliphatic rings. The molecule has 0 aromatic rings. The second-order valence-corrected chi connectivity index (χ2v) is 3.21. The summed E-state index contributed by atoms with van der Waals surface area (Å²) < 4.78 is 0. The van der Waals surface area contributed by atoms with Gasteiger partial charge in [0.15, 0.2) is 0 Å². The minimum atomic E-state index is 0.717. The minimum absolute atomic E-state index is 0.717. The highest BCUT2D eigenvalue weighted by Gasteiger charge is 1.96. The fourth-order valence-electron chi connectivity index (χ4n) is 1.18. The topological polar surface area (TPSA) is 12.0 Å². The fourth-order valence-corrected chi connectivity index (χ4v) is 1.18. The zero-order chi connectivity index (χ0) is 9.94. The average molecular weight is 181 g/mol. The summed E-state index contributed by atoms with van der Waals surface area (Å²) in [6.07, 6.45) is 11.3. The number of allylic oxidation sites excluding steroid dienone is 3. The molecule has 13 heavy (non-hydrogen) atoms. The van der Waals surface area contributed by atoms with Crippen LogP contribution in [0, 0.1) is 5.92 Å². The van der Waals surface area contributed by atoms with Crippen molar-refractivity contribution < 1.29 is 0 Å². The molecule has 0 aliphatic heterocycles. The maximum absolute atomic E-state index is 3.28. The molecule has 0 aliphatic carbocycles. The average Bonchev–Trinajstić information content (AvgIpc) is 2.17. The fraction of sp³-hybridized carbons (Fsp3) is 0.667. The third-order valence-electron chi connectivity index (χ3n) is 2.12. The van der Waals surface area contributed by atoms with Gasteiger partial charge in [-0.15, -0.1) is 0 Å². The van der Waals surface area contributed by atoms with Crippen LogP contribution in [-0.4, -0.2) is 13.1 Å². The Bertz CT molecular complexity index is 147. The Kier molecular flexibility index (Phi) is 9.12. The molecule has 0 aromatic carbocycles. The van der Waals surface area contributed by atoms with E-state index >= 15 is 0 Å². The van der Waals surface area contributed by atoms with Crippen LogP contribution < -0.4 is 5.32 Å². The summed E-state index contributed by atoms with van der Waals surface area (Å²) in [7, 11) is 0. The number of hydrogen-bond donors (Lipinski definition) is 1. The molecule has 1 heteroatoms. The highest BCUT2D eigenvalue weighted by atomic mass is 14.8. The van der Waals surface area contributed by atoms with Crippen LogP contribution in [0.4, 0.5) is 0 Å². The van der Waals surface area contributed by atoms with E-state index in [1.165, 1.54) is 12.8 Å². The van der Waals surface area contributed by atoms with E-state index in [-0.39, 0.29) is 0 Å². The smallest absolute Gasteiger partial charge is 0.0134 e. The Labute approximate surface area is 82.9 Å². The van der Waals surface area contributed by atoms with E-state index in [1.807, 2.05) is 0 Å². The summed E-state index contributed by atoms with van der Waals surface area (Å²) in [5.74, 6) is 0.717. The quantitative estimate of drug-likeness (QED) is 0.470. The first-order chi connectivity index (χ1) is 6.35. The number of hydrogen-bond acceptors (Lipinski definition) is 1. The predicted molar refractivity (Wildman–Crippen MR) is 60.9 cm³/mol. The largest absolute Gasteiger partial charge is 0.314 e. The third kappa shape index (κ3) is 7.79. The Hall–Kier alpha value is -0.560. The van der Waals surface area contributed by atoms with Gasteiger partial charge in [0, 0.05) is 6.54 Å². The maximum Gasteiger partial charge on any atom is 0.0134 e. The summed E-state index contributed by atoms with van der Waals surface area (Å²) in [5, 5.41) is 3.28. The van der Waals surface area contributed by atoms with Crippen molar-refractivity contribution >= 4 is 0 Å². The number of nitrogens with one attached hydrogen (secondary N) is 1. The van der Waals surface area contributed by atoms with E-state index < -0.39 is 0 Å². The summed E-state index contributed by atoms with van der Waals surface area (Å²) in [6, 6.07) is 0. The lowest BCUT2D eigenvalue weighted by Crippen LogP contribution is -2.11. The molecule has 1 N–H and O–H groups in total. The van der Waals surface area contributed by atoms with Crippen LogP contribution in [-0.2, 0) is 0 Å². The van der Waals surface area contributed by atoms with Crippen molar-refractivity contribution in [1.82, 2.24) is 5.32 Å². The van der Waals surface area contributed by atoms with Gasteiger partial charge in [0.1, 0.15) is 0 Å². The van der Waals surface area contributed by atoms with Crippen molar-refractivity contribution in [1.29, 1.82) is 0 Å². The highest BCUT2D eigenvalue weighted by Crippen LogP contribution is 2.10. The number of rotatable bonds is 7.